The van der Waals surface area contributed by atoms with Crippen molar-refractivity contribution in [1.82, 2.24) is 10.6 Å². The Morgan fingerprint density at radius 1 is 1.11 bits per heavy atom. The predicted octanol–water partition coefficient (Wildman–Crippen LogP) is 5.78. The van der Waals surface area contributed by atoms with Crippen molar-refractivity contribution in [2.45, 2.75) is 44.1 Å². The summed E-state index contributed by atoms with van der Waals surface area (Å²) in [6.07, 6.45) is 7.66. The summed E-state index contributed by atoms with van der Waals surface area (Å²) in [6, 6.07) is 5.46. The van der Waals surface area contributed by atoms with Gasteiger partial charge in [-0.15, -0.1) is 11.3 Å². The number of hydrogen-bond donors (Lipinski definition) is 2. The van der Waals surface area contributed by atoms with E-state index in [1.165, 1.54) is 49.9 Å². The monoisotopic (exact) mass is 438 g/mol. The van der Waals surface area contributed by atoms with E-state index in [0.29, 0.717) is 20.0 Å². The Bertz CT molecular complexity index is 920. The maximum Gasteiger partial charge on any atom is 0.269 e. The van der Waals surface area contributed by atoms with Gasteiger partial charge in [0.15, 0.2) is 5.11 Å². The number of hydrogen-bond acceptors (Lipinski definition) is 3. The fourth-order valence-corrected chi connectivity index (χ4v) is 7.88. The van der Waals surface area contributed by atoms with Crippen LogP contribution in [0.4, 0.5) is 0 Å². The average molecular weight is 439 g/mol. The number of carbonyl (C=O) groups excluding carboxylic acids is 1. The molecule has 0 atom stereocenters. The lowest BCUT2D eigenvalue weighted by Gasteiger charge is -2.57. The van der Waals surface area contributed by atoms with Crippen molar-refractivity contribution in [2.24, 2.45) is 17.8 Å². The molecular weight excluding hydrogens is 419 g/mol. The molecule has 4 aliphatic rings. The van der Waals surface area contributed by atoms with Crippen LogP contribution in [0.15, 0.2) is 18.2 Å². The van der Waals surface area contributed by atoms with Crippen molar-refractivity contribution in [3.05, 3.63) is 33.1 Å². The van der Waals surface area contributed by atoms with Gasteiger partial charge >= 0.3 is 0 Å². The number of rotatable bonds is 2. The highest BCUT2D eigenvalue weighted by Gasteiger charge is 2.51. The Morgan fingerprint density at radius 3 is 2.37 bits per heavy atom. The van der Waals surface area contributed by atoms with Crippen LogP contribution in [0.2, 0.25) is 10.0 Å². The van der Waals surface area contributed by atoms with E-state index in [1.807, 2.05) is 12.1 Å². The molecule has 4 bridgehead atoms. The molecule has 1 amide bonds. The summed E-state index contributed by atoms with van der Waals surface area (Å²) in [5, 5.41) is 8.75. The highest BCUT2D eigenvalue weighted by Crippen LogP contribution is 2.55. The van der Waals surface area contributed by atoms with E-state index in [4.69, 9.17) is 35.4 Å². The van der Waals surface area contributed by atoms with Gasteiger partial charge in [-0.2, -0.15) is 0 Å². The van der Waals surface area contributed by atoms with Gasteiger partial charge in [0.1, 0.15) is 4.88 Å². The Labute approximate surface area is 177 Å². The van der Waals surface area contributed by atoms with E-state index in [9.17, 15) is 4.79 Å². The Kier molecular flexibility index (Phi) is 4.43. The van der Waals surface area contributed by atoms with Crippen molar-refractivity contribution < 1.29 is 4.79 Å². The van der Waals surface area contributed by atoms with Gasteiger partial charge in [-0.25, -0.2) is 0 Å². The first kappa shape index (κ1) is 18.2. The first-order chi connectivity index (χ1) is 12.9. The normalized spacial score (nSPS) is 31.3. The largest absolute Gasteiger partial charge is 0.357 e. The molecule has 3 nitrogen and oxygen atoms in total. The number of halogens is 2. The van der Waals surface area contributed by atoms with Gasteiger partial charge in [-0.1, -0.05) is 29.3 Å². The van der Waals surface area contributed by atoms with Gasteiger partial charge < -0.3 is 5.32 Å². The number of thiophene rings is 1. The lowest BCUT2D eigenvalue weighted by molar-refractivity contribution is -0.0101. The molecule has 0 saturated heterocycles. The minimum atomic E-state index is -0.250. The number of nitrogens with one attached hydrogen (secondary N) is 2. The van der Waals surface area contributed by atoms with Crippen LogP contribution >= 0.6 is 46.8 Å². The molecule has 1 heterocycles. The van der Waals surface area contributed by atoms with Crippen LogP contribution in [0.5, 0.6) is 0 Å². The molecule has 0 radical (unpaired) electrons. The van der Waals surface area contributed by atoms with Crippen molar-refractivity contribution in [1.29, 1.82) is 0 Å². The number of thiocarbonyl (C=S) groups is 1. The molecule has 2 N–H and O–H groups in total. The smallest absolute Gasteiger partial charge is 0.269 e. The molecule has 4 aliphatic carbocycles. The molecule has 6 rings (SSSR count). The molecule has 0 unspecified atom stereocenters. The van der Waals surface area contributed by atoms with Crippen molar-refractivity contribution in [3.63, 3.8) is 0 Å². The zero-order chi connectivity index (χ0) is 18.8. The fraction of sp³-hybridized carbons (Fsp3) is 0.500. The van der Waals surface area contributed by atoms with E-state index in [0.717, 1.165) is 27.8 Å². The summed E-state index contributed by atoms with van der Waals surface area (Å²) >= 11 is 19.3. The summed E-state index contributed by atoms with van der Waals surface area (Å²) in [4.78, 5) is 13.2. The van der Waals surface area contributed by atoms with Crippen LogP contribution in [0.3, 0.4) is 0 Å². The maximum absolute atomic E-state index is 12.8. The highest BCUT2D eigenvalue weighted by molar-refractivity contribution is 7.80. The minimum absolute atomic E-state index is 0.0800. The number of amides is 1. The molecule has 7 heteroatoms. The van der Waals surface area contributed by atoms with Crippen LogP contribution in [-0.2, 0) is 0 Å². The Balaban J connectivity index is 1.31. The third kappa shape index (κ3) is 3.27. The first-order valence-electron chi connectivity index (χ1n) is 9.42. The molecule has 27 heavy (non-hydrogen) atoms. The highest BCUT2D eigenvalue weighted by atomic mass is 35.5. The van der Waals surface area contributed by atoms with Crippen molar-refractivity contribution in [3.8, 4) is 0 Å². The molecular formula is C20H20Cl2N2OS2. The summed E-state index contributed by atoms with van der Waals surface area (Å²) in [6.45, 7) is 0. The first-order valence-corrected chi connectivity index (χ1v) is 11.4. The number of carbonyl (C=O) groups is 1. The molecule has 1 aromatic heterocycles. The number of benzene rings is 1. The lowest BCUT2D eigenvalue weighted by atomic mass is 9.53. The van der Waals surface area contributed by atoms with Gasteiger partial charge in [0.2, 0.25) is 0 Å². The molecule has 142 valence electrons. The zero-order valence-electron chi connectivity index (χ0n) is 14.7. The van der Waals surface area contributed by atoms with E-state index < -0.39 is 0 Å². The van der Waals surface area contributed by atoms with Crippen LogP contribution in [0, 0.1) is 17.8 Å². The second kappa shape index (κ2) is 6.58. The maximum atomic E-state index is 12.8. The summed E-state index contributed by atoms with van der Waals surface area (Å²) in [7, 11) is 0. The quantitative estimate of drug-likeness (QED) is 0.583. The van der Waals surface area contributed by atoms with Crippen LogP contribution in [0.25, 0.3) is 10.1 Å². The molecule has 4 fully saturated rings. The molecule has 0 aliphatic heterocycles. The summed E-state index contributed by atoms with van der Waals surface area (Å²) in [5.41, 5.74) is 0.0800. The Morgan fingerprint density at radius 2 is 1.74 bits per heavy atom. The number of fused-ring (bicyclic) bond motifs is 1. The van der Waals surface area contributed by atoms with Gasteiger partial charge in [-0.05, 0) is 80.6 Å². The van der Waals surface area contributed by atoms with Crippen LogP contribution in [0.1, 0.15) is 48.2 Å². The van der Waals surface area contributed by atoms with Crippen LogP contribution < -0.4 is 10.6 Å². The third-order valence-corrected chi connectivity index (χ3v) is 8.54. The Hall–Kier alpha value is -0.880. The third-order valence-electron chi connectivity index (χ3n) is 6.44. The van der Waals surface area contributed by atoms with E-state index in [-0.39, 0.29) is 11.4 Å². The predicted molar refractivity (Wildman–Crippen MR) is 116 cm³/mol. The van der Waals surface area contributed by atoms with Crippen molar-refractivity contribution >= 4 is 67.9 Å². The minimum Gasteiger partial charge on any atom is -0.357 e. The molecule has 1 aromatic carbocycles. The van der Waals surface area contributed by atoms with Crippen LogP contribution in [-0.4, -0.2) is 16.6 Å². The van der Waals surface area contributed by atoms with E-state index in [2.05, 4.69) is 10.6 Å². The molecule has 0 spiro atoms. The van der Waals surface area contributed by atoms with Gasteiger partial charge in [0.05, 0.1) is 5.02 Å². The van der Waals surface area contributed by atoms with Gasteiger partial charge in [0.25, 0.3) is 5.91 Å². The fourth-order valence-electron chi connectivity index (χ4n) is 5.88. The van der Waals surface area contributed by atoms with Gasteiger partial charge in [0, 0.05) is 20.6 Å². The topological polar surface area (TPSA) is 41.1 Å². The van der Waals surface area contributed by atoms with Crippen molar-refractivity contribution in [2.75, 3.05) is 0 Å². The van der Waals surface area contributed by atoms with E-state index in [1.54, 1.807) is 6.07 Å². The summed E-state index contributed by atoms with van der Waals surface area (Å²) in [5.74, 6) is 2.22. The average Bonchev–Trinajstić information content (AvgIpc) is 2.89. The zero-order valence-corrected chi connectivity index (χ0v) is 17.8. The lowest BCUT2D eigenvalue weighted by Crippen LogP contribution is -2.61. The molecule has 2 aromatic rings. The van der Waals surface area contributed by atoms with E-state index >= 15 is 0 Å². The molecule has 4 saturated carbocycles. The standard InChI is InChI=1S/C20H20Cl2N2OS2/c21-13-1-2-14-15(6-13)27-17(16(14)22)18(25)23-19(26)24-20-7-10-3-11(8-20)5-12(4-10)9-20/h1-2,6,10-12H,3-5,7-9H2,(H2,23,24,25,26). The van der Waals surface area contributed by atoms with Gasteiger partial charge in [-0.3, -0.25) is 10.1 Å². The summed E-state index contributed by atoms with van der Waals surface area (Å²) < 4.78 is 0.901. The second-order valence-corrected chi connectivity index (χ2v) is 10.8. The second-order valence-electron chi connectivity index (χ2n) is 8.49. The SMILES string of the molecule is O=C(NC(=S)NC12CC3CC(CC(C3)C1)C2)c1sc2cc(Cl)ccc2c1Cl.